The average Bonchev–Trinajstić information content (AvgIpc) is 2.54. The van der Waals surface area contributed by atoms with E-state index in [0.29, 0.717) is 43.9 Å². The molecule has 1 aromatic carbocycles. The highest BCUT2D eigenvalue weighted by Crippen LogP contribution is 2.15. The fourth-order valence-corrected chi connectivity index (χ4v) is 3.31. The Labute approximate surface area is 148 Å². The van der Waals surface area contributed by atoms with Gasteiger partial charge in [-0.05, 0) is 37.1 Å². The molecule has 0 atom stereocenters. The highest BCUT2D eigenvalue weighted by molar-refractivity contribution is 9.10. The van der Waals surface area contributed by atoms with Gasteiger partial charge in [0.1, 0.15) is 0 Å². The Morgan fingerprint density at radius 1 is 1.26 bits per heavy atom. The topological polar surface area (TPSA) is 69.6 Å². The van der Waals surface area contributed by atoms with Crippen LogP contribution in [0.5, 0.6) is 0 Å². The lowest BCUT2D eigenvalue weighted by molar-refractivity contribution is -0.132. The minimum absolute atomic E-state index is 0.0640. The number of nitrogens with zero attached hydrogens (tertiary/aromatic N) is 1. The van der Waals surface area contributed by atoms with Gasteiger partial charge >= 0.3 is 0 Å². The predicted octanol–water partition coefficient (Wildman–Crippen LogP) is 2.49. The Morgan fingerprint density at radius 3 is 2.57 bits per heavy atom. The van der Waals surface area contributed by atoms with Crippen LogP contribution in [0.4, 0.5) is 5.69 Å². The van der Waals surface area contributed by atoms with E-state index in [1.165, 1.54) is 11.8 Å². The molecule has 0 saturated carbocycles. The van der Waals surface area contributed by atoms with Crippen molar-refractivity contribution < 1.29 is 14.7 Å². The number of hydrogen-bond acceptors (Lipinski definition) is 4. The molecule has 1 aromatic rings. The first-order chi connectivity index (χ1) is 11.0. The molecule has 0 aromatic heterocycles. The van der Waals surface area contributed by atoms with Crippen LogP contribution >= 0.6 is 27.7 Å². The van der Waals surface area contributed by atoms with Gasteiger partial charge in [0, 0.05) is 35.4 Å². The summed E-state index contributed by atoms with van der Waals surface area (Å²) in [5.74, 6) is 1.01. The third kappa shape index (κ3) is 6.53. The Bertz CT molecular complexity index is 531. The van der Waals surface area contributed by atoms with Crippen LogP contribution in [0.3, 0.4) is 0 Å². The average molecular weight is 401 g/mol. The summed E-state index contributed by atoms with van der Waals surface area (Å²) >= 11 is 4.80. The number of aliphatic hydroxyl groups is 1. The smallest absolute Gasteiger partial charge is 0.234 e. The van der Waals surface area contributed by atoms with E-state index in [4.69, 9.17) is 0 Å². The number of rotatable bonds is 6. The van der Waals surface area contributed by atoms with Crippen LogP contribution in [0.2, 0.25) is 0 Å². The largest absolute Gasteiger partial charge is 0.393 e. The number of piperidine rings is 1. The van der Waals surface area contributed by atoms with Gasteiger partial charge in [-0.15, -0.1) is 0 Å². The number of halogens is 1. The molecule has 2 rings (SSSR count). The van der Waals surface area contributed by atoms with Gasteiger partial charge in [-0.25, -0.2) is 0 Å². The van der Waals surface area contributed by atoms with Crippen LogP contribution in [0, 0.1) is 0 Å². The Morgan fingerprint density at radius 2 is 1.91 bits per heavy atom. The number of amides is 2. The zero-order valence-corrected chi connectivity index (χ0v) is 15.2. The third-order valence-electron chi connectivity index (χ3n) is 3.64. The molecule has 126 valence electrons. The van der Waals surface area contributed by atoms with Crippen LogP contribution in [0.25, 0.3) is 0 Å². The fourth-order valence-electron chi connectivity index (χ4n) is 2.33. The molecule has 1 fully saturated rings. The number of carbonyl (C=O) groups excluding carboxylic acids is 2. The first kappa shape index (κ1) is 18.3. The van der Waals surface area contributed by atoms with Crippen LogP contribution < -0.4 is 5.32 Å². The van der Waals surface area contributed by atoms with Gasteiger partial charge < -0.3 is 15.3 Å². The number of anilines is 1. The molecule has 5 nitrogen and oxygen atoms in total. The first-order valence-corrected chi connectivity index (χ1v) is 9.58. The summed E-state index contributed by atoms with van der Waals surface area (Å²) < 4.78 is 0.966. The molecule has 0 radical (unpaired) electrons. The van der Waals surface area contributed by atoms with E-state index in [-0.39, 0.29) is 17.9 Å². The Kier molecular flexibility index (Phi) is 7.39. The number of thioether (sulfide) groups is 1. The lowest BCUT2D eigenvalue weighted by Gasteiger charge is -2.29. The van der Waals surface area contributed by atoms with Gasteiger partial charge in [0.05, 0.1) is 11.9 Å². The number of benzene rings is 1. The maximum atomic E-state index is 12.0. The van der Waals surface area contributed by atoms with Crippen LogP contribution in [-0.2, 0) is 9.59 Å². The second kappa shape index (κ2) is 9.30. The van der Waals surface area contributed by atoms with Crippen molar-refractivity contribution in [1.29, 1.82) is 0 Å². The normalized spacial score (nSPS) is 15.5. The van der Waals surface area contributed by atoms with Crippen molar-refractivity contribution in [3.8, 4) is 0 Å². The van der Waals surface area contributed by atoms with Crippen LogP contribution in [-0.4, -0.2) is 52.5 Å². The quantitative estimate of drug-likeness (QED) is 0.719. The highest BCUT2D eigenvalue weighted by Gasteiger charge is 2.20. The minimum atomic E-state index is -0.268. The SMILES string of the molecule is O=C(CSCCC(=O)N1CCC(O)CC1)Nc1ccc(Br)cc1. The second-order valence-electron chi connectivity index (χ2n) is 5.47. The summed E-state index contributed by atoms with van der Waals surface area (Å²) in [5.41, 5.74) is 0.766. The molecule has 0 spiro atoms. The lowest BCUT2D eigenvalue weighted by atomic mass is 10.1. The Balaban J connectivity index is 1.60. The predicted molar refractivity (Wildman–Crippen MR) is 96.5 cm³/mol. The number of aliphatic hydroxyl groups excluding tert-OH is 1. The highest BCUT2D eigenvalue weighted by atomic mass is 79.9. The van der Waals surface area contributed by atoms with Gasteiger partial charge in [0.25, 0.3) is 0 Å². The number of nitrogens with one attached hydrogen (secondary N) is 1. The van der Waals surface area contributed by atoms with Crippen molar-refractivity contribution in [2.24, 2.45) is 0 Å². The number of hydrogen-bond donors (Lipinski definition) is 2. The van der Waals surface area contributed by atoms with Gasteiger partial charge in [0.15, 0.2) is 0 Å². The van der Waals surface area contributed by atoms with Crippen molar-refractivity contribution in [3.63, 3.8) is 0 Å². The van der Waals surface area contributed by atoms with Crippen molar-refractivity contribution in [1.82, 2.24) is 4.90 Å². The molecule has 0 aliphatic carbocycles. The molecule has 7 heteroatoms. The van der Waals surface area contributed by atoms with E-state index in [2.05, 4.69) is 21.2 Å². The summed E-state index contributed by atoms with van der Waals surface area (Å²) in [7, 11) is 0. The van der Waals surface area contributed by atoms with E-state index in [9.17, 15) is 14.7 Å². The van der Waals surface area contributed by atoms with E-state index < -0.39 is 0 Å². The van der Waals surface area contributed by atoms with Crippen molar-refractivity contribution in [3.05, 3.63) is 28.7 Å². The van der Waals surface area contributed by atoms with E-state index in [0.717, 1.165) is 10.2 Å². The molecular weight excluding hydrogens is 380 g/mol. The zero-order chi connectivity index (χ0) is 16.7. The van der Waals surface area contributed by atoms with Gasteiger partial charge in [0.2, 0.25) is 11.8 Å². The van der Waals surface area contributed by atoms with E-state index in [1.807, 2.05) is 24.3 Å². The van der Waals surface area contributed by atoms with Crippen LogP contribution in [0.15, 0.2) is 28.7 Å². The molecule has 1 saturated heterocycles. The van der Waals surface area contributed by atoms with E-state index in [1.54, 1.807) is 4.90 Å². The monoisotopic (exact) mass is 400 g/mol. The van der Waals surface area contributed by atoms with E-state index >= 15 is 0 Å². The molecule has 1 heterocycles. The first-order valence-electron chi connectivity index (χ1n) is 7.63. The molecule has 23 heavy (non-hydrogen) atoms. The van der Waals surface area contributed by atoms with Gasteiger partial charge in [-0.2, -0.15) is 11.8 Å². The van der Waals surface area contributed by atoms with Crippen molar-refractivity contribution >= 4 is 45.2 Å². The van der Waals surface area contributed by atoms with Crippen molar-refractivity contribution in [2.75, 3.05) is 29.9 Å². The molecule has 1 aliphatic rings. The molecule has 1 aliphatic heterocycles. The summed E-state index contributed by atoms with van der Waals surface area (Å²) in [6, 6.07) is 7.41. The minimum Gasteiger partial charge on any atom is -0.393 e. The molecule has 0 bridgehead atoms. The third-order valence-corrected chi connectivity index (χ3v) is 5.13. The van der Waals surface area contributed by atoms with Gasteiger partial charge in [-0.1, -0.05) is 15.9 Å². The summed E-state index contributed by atoms with van der Waals surface area (Å²) in [6.07, 6.45) is 1.49. The van der Waals surface area contributed by atoms with Crippen molar-refractivity contribution in [2.45, 2.75) is 25.4 Å². The number of carbonyl (C=O) groups is 2. The standard InChI is InChI=1S/C16H21BrN2O3S/c17-12-1-3-13(4-2-12)18-15(21)11-23-10-7-16(22)19-8-5-14(20)6-9-19/h1-4,14,20H,5-11H2,(H,18,21). The fraction of sp³-hybridized carbons (Fsp3) is 0.500. The zero-order valence-electron chi connectivity index (χ0n) is 12.8. The summed E-state index contributed by atoms with van der Waals surface area (Å²) in [4.78, 5) is 25.6. The summed E-state index contributed by atoms with van der Waals surface area (Å²) in [5, 5.41) is 12.3. The lowest BCUT2D eigenvalue weighted by Crippen LogP contribution is -2.40. The molecular formula is C16H21BrN2O3S. The Hall–Kier alpha value is -1.05. The van der Waals surface area contributed by atoms with Gasteiger partial charge in [-0.3, -0.25) is 9.59 Å². The second-order valence-corrected chi connectivity index (χ2v) is 7.49. The van der Waals surface area contributed by atoms with Crippen LogP contribution in [0.1, 0.15) is 19.3 Å². The maximum Gasteiger partial charge on any atom is 0.234 e. The molecule has 0 unspecified atom stereocenters. The molecule has 2 N–H and O–H groups in total. The molecule has 2 amide bonds. The summed E-state index contributed by atoms with van der Waals surface area (Å²) in [6.45, 7) is 1.27. The number of likely N-dealkylation sites (tertiary alicyclic amines) is 1. The maximum absolute atomic E-state index is 12.0.